The number of oxime groups is 1. The molecule has 0 saturated heterocycles. The highest BCUT2D eigenvalue weighted by Crippen LogP contribution is 2.50. The lowest BCUT2D eigenvalue weighted by molar-refractivity contribution is -0.276. The Hall–Kier alpha value is -3.11. The molecule has 2 aromatic carbocycles. The molecule has 1 aliphatic heterocycles. The van der Waals surface area contributed by atoms with E-state index in [-0.39, 0.29) is 22.4 Å². The number of carbonyl (C=O) groups is 1. The molecular formula is C20H14F7NO3. The van der Waals surface area contributed by atoms with Gasteiger partial charge in [-0.05, 0) is 48.4 Å². The Kier molecular flexibility index (Phi) is 5.72. The first-order valence-corrected chi connectivity index (χ1v) is 8.73. The summed E-state index contributed by atoms with van der Waals surface area (Å²) in [6.45, 7) is 1.43. The Morgan fingerprint density at radius 2 is 1.65 bits per heavy atom. The smallest absolute Gasteiger partial charge is 0.435 e. The SMILES string of the molecule is Cc1cc(C2=NOC(c3cc(C(F)F)cc(C(F)F)c3)(C(F)(F)F)C2)ccc1C(=O)O. The van der Waals surface area contributed by atoms with Gasteiger partial charge in [0, 0.05) is 23.1 Å². The highest BCUT2D eigenvalue weighted by Gasteiger charge is 2.62. The summed E-state index contributed by atoms with van der Waals surface area (Å²) < 4.78 is 94.7. The maximum Gasteiger partial charge on any atom is 0.435 e. The number of hydrogen-bond acceptors (Lipinski definition) is 3. The predicted molar refractivity (Wildman–Crippen MR) is 94.5 cm³/mol. The lowest BCUT2D eigenvalue weighted by Crippen LogP contribution is -2.43. The third kappa shape index (κ3) is 4.08. The predicted octanol–water partition coefficient (Wildman–Crippen LogP) is 6.15. The molecule has 0 aliphatic carbocycles. The summed E-state index contributed by atoms with van der Waals surface area (Å²) in [6.07, 6.45) is -12.7. The zero-order valence-electron chi connectivity index (χ0n) is 15.7. The van der Waals surface area contributed by atoms with Gasteiger partial charge in [0.15, 0.2) is 0 Å². The van der Waals surface area contributed by atoms with E-state index in [2.05, 4.69) is 5.16 Å². The molecule has 0 spiro atoms. The quantitative estimate of drug-likeness (QED) is 0.557. The molecular weight excluding hydrogens is 435 g/mol. The van der Waals surface area contributed by atoms with Crippen LogP contribution in [0.1, 0.15) is 57.4 Å². The van der Waals surface area contributed by atoms with E-state index in [0.717, 1.165) is 0 Å². The molecule has 0 amide bonds. The minimum Gasteiger partial charge on any atom is -0.478 e. The molecule has 0 saturated carbocycles. The fourth-order valence-electron chi connectivity index (χ4n) is 3.30. The third-order valence-corrected chi connectivity index (χ3v) is 4.92. The molecule has 31 heavy (non-hydrogen) atoms. The van der Waals surface area contributed by atoms with Gasteiger partial charge in [0.1, 0.15) is 0 Å². The van der Waals surface area contributed by atoms with Crippen LogP contribution in [0.25, 0.3) is 0 Å². The van der Waals surface area contributed by atoms with E-state index in [4.69, 9.17) is 9.94 Å². The Morgan fingerprint density at radius 3 is 2.10 bits per heavy atom. The standard InChI is InChI=1S/C20H14F7NO3/c1-9-4-10(2-3-14(9)18(29)30)15-8-19(31-28-15,20(25,26)27)13-6-11(16(21)22)5-12(7-13)17(23)24/h2-7,16-17H,8H2,1H3,(H,29,30). The molecule has 1 N–H and O–H groups in total. The van der Waals surface area contributed by atoms with Crippen molar-refractivity contribution >= 4 is 11.7 Å². The summed E-state index contributed by atoms with van der Waals surface area (Å²) in [6, 6.07) is 5.08. The van der Waals surface area contributed by atoms with Crippen molar-refractivity contribution in [3.63, 3.8) is 0 Å². The number of carboxylic acid groups (broad SMARTS) is 1. The van der Waals surface area contributed by atoms with Crippen LogP contribution >= 0.6 is 0 Å². The van der Waals surface area contributed by atoms with E-state index >= 15 is 0 Å². The molecule has 0 aromatic heterocycles. The van der Waals surface area contributed by atoms with Crippen LogP contribution in [0.15, 0.2) is 41.6 Å². The van der Waals surface area contributed by atoms with E-state index < -0.39 is 53.7 Å². The van der Waals surface area contributed by atoms with Crippen molar-refractivity contribution in [2.45, 2.75) is 38.0 Å². The van der Waals surface area contributed by atoms with Crippen molar-refractivity contribution in [1.29, 1.82) is 0 Å². The summed E-state index contributed by atoms with van der Waals surface area (Å²) in [7, 11) is 0. The Labute approximate surface area is 170 Å². The maximum absolute atomic E-state index is 14.1. The van der Waals surface area contributed by atoms with Crippen molar-refractivity contribution < 1.29 is 45.5 Å². The Balaban J connectivity index is 2.08. The van der Waals surface area contributed by atoms with Crippen LogP contribution < -0.4 is 0 Å². The van der Waals surface area contributed by atoms with Gasteiger partial charge in [-0.2, -0.15) is 13.2 Å². The van der Waals surface area contributed by atoms with Crippen LogP contribution in [-0.2, 0) is 10.4 Å². The van der Waals surface area contributed by atoms with Gasteiger partial charge in [-0.1, -0.05) is 11.2 Å². The molecule has 4 nitrogen and oxygen atoms in total. The normalized spacial score (nSPS) is 19.0. The highest BCUT2D eigenvalue weighted by molar-refractivity contribution is 6.03. The highest BCUT2D eigenvalue weighted by atomic mass is 19.4. The van der Waals surface area contributed by atoms with Crippen LogP contribution in [0.2, 0.25) is 0 Å². The summed E-state index contributed by atoms with van der Waals surface area (Å²) >= 11 is 0. The summed E-state index contributed by atoms with van der Waals surface area (Å²) in [5.74, 6) is -1.23. The maximum atomic E-state index is 14.1. The van der Waals surface area contributed by atoms with E-state index in [1.54, 1.807) is 0 Å². The lowest BCUT2D eigenvalue weighted by atomic mass is 9.84. The van der Waals surface area contributed by atoms with E-state index in [1.165, 1.54) is 25.1 Å². The Bertz CT molecular complexity index is 1020. The van der Waals surface area contributed by atoms with Gasteiger partial charge in [0.2, 0.25) is 0 Å². The van der Waals surface area contributed by atoms with Gasteiger partial charge in [-0.3, -0.25) is 0 Å². The topological polar surface area (TPSA) is 58.9 Å². The van der Waals surface area contributed by atoms with Crippen LogP contribution in [0, 0.1) is 6.92 Å². The average molecular weight is 449 g/mol. The monoisotopic (exact) mass is 449 g/mol. The van der Waals surface area contributed by atoms with Crippen molar-refractivity contribution in [3.05, 3.63) is 69.8 Å². The van der Waals surface area contributed by atoms with Crippen LogP contribution in [0.3, 0.4) is 0 Å². The molecule has 1 unspecified atom stereocenters. The third-order valence-electron chi connectivity index (χ3n) is 4.92. The second-order valence-electron chi connectivity index (χ2n) is 6.96. The first kappa shape index (κ1) is 22.6. The molecule has 11 heteroatoms. The number of benzene rings is 2. The molecule has 2 aromatic rings. The molecule has 1 heterocycles. The fraction of sp³-hybridized carbons (Fsp3) is 0.300. The van der Waals surface area contributed by atoms with Gasteiger partial charge in [-0.25, -0.2) is 22.4 Å². The number of nitrogens with zero attached hydrogens (tertiary/aromatic N) is 1. The molecule has 166 valence electrons. The van der Waals surface area contributed by atoms with Gasteiger partial charge in [-0.15, -0.1) is 0 Å². The minimum absolute atomic E-state index is 0.0726. The largest absolute Gasteiger partial charge is 0.478 e. The minimum atomic E-state index is -5.19. The summed E-state index contributed by atoms with van der Waals surface area (Å²) in [5, 5.41) is 12.5. The van der Waals surface area contributed by atoms with Crippen LogP contribution in [0.4, 0.5) is 30.7 Å². The first-order valence-electron chi connectivity index (χ1n) is 8.73. The summed E-state index contributed by atoms with van der Waals surface area (Å²) in [4.78, 5) is 15.8. The molecule has 0 fully saturated rings. The van der Waals surface area contributed by atoms with Crippen molar-refractivity contribution in [3.8, 4) is 0 Å². The van der Waals surface area contributed by atoms with Crippen molar-refractivity contribution in [1.82, 2.24) is 0 Å². The van der Waals surface area contributed by atoms with Gasteiger partial charge in [0.05, 0.1) is 11.3 Å². The zero-order chi connectivity index (χ0) is 23.1. The average Bonchev–Trinajstić information content (AvgIpc) is 3.14. The van der Waals surface area contributed by atoms with Crippen molar-refractivity contribution in [2.24, 2.45) is 5.16 Å². The fourth-order valence-corrected chi connectivity index (χ4v) is 3.30. The van der Waals surface area contributed by atoms with E-state index in [1.807, 2.05) is 0 Å². The number of hydrogen-bond donors (Lipinski definition) is 1. The van der Waals surface area contributed by atoms with Crippen molar-refractivity contribution in [2.75, 3.05) is 0 Å². The molecule has 3 rings (SSSR count). The molecule has 0 radical (unpaired) electrons. The second-order valence-corrected chi connectivity index (χ2v) is 6.96. The lowest BCUT2D eigenvalue weighted by Gasteiger charge is -2.30. The van der Waals surface area contributed by atoms with Crippen LogP contribution in [-0.4, -0.2) is 23.0 Å². The Morgan fingerprint density at radius 1 is 1.06 bits per heavy atom. The van der Waals surface area contributed by atoms with Gasteiger partial charge >= 0.3 is 12.1 Å². The van der Waals surface area contributed by atoms with Gasteiger partial charge in [0.25, 0.3) is 18.5 Å². The number of rotatable bonds is 5. The van der Waals surface area contributed by atoms with Crippen LogP contribution in [0.5, 0.6) is 0 Å². The molecule has 1 atom stereocenters. The number of carboxylic acids is 1. The number of aromatic carboxylic acids is 1. The number of halogens is 7. The molecule has 0 bridgehead atoms. The van der Waals surface area contributed by atoms with Gasteiger partial charge < -0.3 is 9.94 Å². The zero-order valence-corrected chi connectivity index (χ0v) is 15.7. The number of aryl methyl sites for hydroxylation is 1. The second kappa shape index (κ2) is 7.86. The number of alkyl halides is 7. The molecule has 1 aliphatic rings. The van der Waals surface area contributed by atoms with E-state index in [0.29, 0.717) is 18.2 Å². The van der Waals surface area contributed by atoms with E-state index in [9.17, 15) is 35.5 Å². The summed E-state index contributed by atoms with van der Waals surface area (Å²) in [5.41, 5.74) is -6.13. The first-order chi connectivity index (χ1) is 14.4.